The van der Waals surface area contributed by atoms with E-state index in [0.717, 1.165) is 32.0 Å². The first-order valence-electron chi connectivity index (χ1n) is 6.58. The zero-order chi connectivity index (χ0) is 14.8. The first-order valence-corrected chi connectivity index (χ1v) is 7.37. The van der Waals surface area contributed by atoms with Crippen molar-refractivity contribution in [1.82, 2.24) is 10.3 Å². The van der Waals surface area contributed by atoms with Gasteiger partial charge in [-0.15, -0.1) is 0 Å². The number of nitrogens with zero attached hydrogens (tertiary/aromatic N) is 1. The molecule has 0 amide bonds. The maximum absolute atomic E-state index is 13.0. The van der Waals surface area contributed by atoms with Crippen LogP contribution in [0.3, 0.4) is 0 Å². The molecule has 1 fully saturated rings. The number of hydrogen-bond donors (Lipinski definition) is 2. The molecule has 1 aromatic heterocycles. The smallest absolute Gasteiger partial charge is 0.367 e. The van der Waals surface area contributed by atoms with Crippen molar-refractivity contribution >= 4 is 21.7 Å². The van der Waals surface area contributed by atoms with Gasteiger partial charge in [-0.25, -0.2) is 4.98 Å². The molecule has 112 valence electrons. The average Bonchev–Trinajstić information content (AvgIpc) is 2.40. The van der Waals surface area contributed by atoms with Gasteiger partial charge in [-0.3, -0.25) is 0 Å². The summed E-state index contributed by atoms with van der Waals surface area (Å²) in [6.07, 6.45) is -0.970. The Hall–Kier alpha value is -0.820. The lowest BCUT2D eigenvalue weighted by molar-refractivity contribution is -0.137. The van der Waals surface area contributed by atoms with Gasteiger partial charge in [0, 0.05) is 16.7 Å². The number of anilines is 1. The molecule has 2 unspecified atom stereocenters. The average molecular weight is 352 g/mol. The molecule has 20 heavy (non-hydrogen) atoms. The molecule has 7 heteroatoms. The van der Waals surface area contributed by atoms with Crippen LogP contribution in [0.4, 0.5) is 19.0 Å². The Morgan fingerprint density at radius 1 is 1.50 bits per heavy atom. The van der Waals surface area contributed by atoms with E-state index in [1.165, 1.54) is 6.20 Å². The van der Waals surface area contributed by atoms with Crippen LogP contribution in [0.1, 0.15) is 25.3 Å². The van der Waals surface area contributed by atoms with Gasteiger partial charge in [0.25, 0.3) is 0 Å². The van der Waals surface area contributed by atoms with Crippen molar-refractivity contribution in [3.8, 4) is 0 Å². The predicted octanol–water partition coefficient (Wildman–Crippen LogP) is 3.66. The Labute approximate surface area is 124 Å². The molecule has 0 saturated carbocycles. The molecule has 0 bridgehead atoms. The Kier molecular flexibility index (Phi) is 4.90. The minimum atomic E-state index is -4.41. The van der Waals surface area contributed by atoms with Gasteiger partial charge in [-0.2, -0.15) is 13.2 Å². The van der Waals surface area contributed by atoms with Gasteiger partial charge in [-0.1, -0.05) is 0 Å². The zero-order valence-corrected chi connectivity index (χ0v) is 12.7. The standard InChI is InChI=1S/C13H17BrF3N3/c1-8(9-3-2-4-18-6-9)20-12-11(13(15,16)17)5-10(14)7-19-12/h5,7-9,18H,2-4,6H2,1H3,(H,19,20). The Balaban J connectivity index is 2.16. The van der Waals surface area contributed by atoms with E-state index in [1.807, 2.05) is 6.92 Å². The van der Waals surface area contributed by atoms with E-state index in [4.69, 9.17) is 0 Å². The van der Waals surface area contributed by atoms with Gasteiger partial charge >= 0.3 is 6.18 Å². The monoisotopic (exact) mass is 351 g/mol. The molecule has 1 saturated heterocycles. The van der Waals surface area contributed by atoms with Crippen LogP contribution < -0.4 is 10.6 Å². The second-order valence-electron chi connectivity index (χ2n) is 5.09. The number of pyridine rings is 1. The van der Waals surface area contributed by atoms with Crippen molar-refractivity contribution in [3.05, 3.63) is 22.3 Å². The number of piperidine rings is 1. The fourth-order valence-electron chi connectivity index (χ4n) is 2.41. The molecular weight excluding hydrogens is 335 g/mol. The quantitative estimate of drug-likeness (QED) is 0.872. The maximum atomic E-state index is 13.0. The highest BCUT2D eigenvalue weighted by atomic mass is 79.9. The normalized spacial score (nSPS) is 21.6. The summed E-state index contributed by atoms with van der Waals surface area (Å²) in [7, 11) is 0. The van der Waals surface area contributed by atoms with E-state index in [2.05, 4.69) is 31.5 Å². The van der Waals surface area contributed by atoms with E-state index >= 15 is 0 Å². The summed E-state index contributed by atoms with van der Waals surface area (Å²) in [5, 5.41) is 6.19. The van der Waals surface area contributed by atoms with Crippen molar-refractivity contribution in [2.75, 3.05) is 18.4 Å². The Morgan fingerprint density at radius 2 is 2.25 bits per heavy atom. The van der Waals surface area contributed by atoms with Crippen molar-refractivity contribution in [3.63, 3.8) is 0 Å². The van der Waals surface area contributed by atoms with Gasteiger partial charge in [0.15, 0.2) is 0 Å². The second kappa shape index (κ2) is 6.30. The minimum Gasteiger partial charge on any atom is -0.367 e. The van der Waals surface area contributed by atoms with Gasteiger partial charge in [0.1, 0.15) is 5.82 Å². The van der Waals surface area contributed by atoms with Crippen molar-refractivity contribution < 1.29 is 13.2 Å². The second-order valence-corrected chi connectivity index (χ2v) is 6.00. The van der Waals surface area contributed by atoms with E-state index in [9.17, 15) is 13.2 Å². The molecule has 2 N–H and O–H groups in total. The summed E-state index contributed by atoms with van der Waals surface area (Å²) in [5.41, 5.74) is -0.734. The molecule has 3 nitrogen and oxygen atoms in total. The molecule has 0 aromatic carbocycles. The molecule has 2 heterocycles. The first-order chi connectivity index (χ1) is 9.38. The summed E-state index contributed by atoms with van der Waals surface area (Å²) < 4.78 is 39.3. The van der Waals surface area contributed by atoms with Gasteiger partial charge in [0.05, 0.1) is 5.56 Å². The Bertz CT molecular complexity index is 459. The van der Waals surface area contributed by atoms with Crippen LogP contribution in [-0.4, -0.2) is 24.1 Å². The third-order valence-corrected chi connectivity index (χ3v) is 4.00. The third-order valence-electron chi connectivity index (χ3n) is 3.57. The van der Waals surface area contributed by atoms with Gasteiger partial charge < -0.3 is 10.6 Å². The van der Waals surface area contributed by atoms with Crippen LogP contribution in [0.5, 0.6) is 0 Å². The number of nitrogens with one attached hydrogen (secondary N) is 2. The highest BCUT2D eigenvalue weighted by Crippen LogP contribution is 2.36. The molecule has 1 aromatic rings. The van der Waals surface area contributed by atoms with Crippen molar-refractivity contribution in [2.24, 2.45) is 5.92 Å². The molecule has 1 aliphatic heterocycles. The van der Waals surface area contributed by atoms with Crippen molar-refractivity contribution in [1.29, 1.82) is 0 Å². The highest BCUT2D eigenvalue weighted by molar-refractivity contribution is 9.10. The topological polar surface area (TPSA) is 37.0 Å². The van der Waals surface area contributed by atoms with Crippen molar-refractivity contribution in [2.45, 2.75) is 32.0 Å². The molecule has 0 spiro atoms. The SMILES string of the molecule is CC(Nc1ncc(Br)cc1C(F)(F)F)C1CCCNC1. The zero-order valence-electron chi connectivity index (χ0n) is 11.1. The molecule has 0 aliphatic carbocycles. The fraction of sp³-hybridized carbons (Fsp3) is 0.615. The van der Waals surface area contributed by atoms with E-state index in [-0.39, 0.29) is 11.9 Å². The van der Waals surface area contributed by atoms with Crippen LogP contribution in [0.25, 0.3) is 0 Å². The predicted molar refractivity (Wildman–Crippen MR) is 75.6 cm³/mol. The minimum absolute atomic E-state index is 0.0578. The summed E-state index contributed by atoms with van der Waals surface area (Å²) in [6, 6.07) is 0.999. The van der Waals surface area contributed by atoms with Crippen LogP contribution in [-0.2, 0) is 6.18 Å². The summed E-state index contributed by atoms with van der Waals surface area (Å²) in [5.74, 6) is 0.217. The molecular formula is C13H17BrF3N3. The summed E-state index contributed by atoms with van der Waals surface area (Å²) in [6.45, 7) is 3.71. The maximum Gasteiger partial charge on any atom is 0.419 e. The van der Waals surface area contributed by atoms with E-state index in [0.29, 0.717) is 10.4 Å². The number of halogens is 4. The first kappa shape index (κ1) is 15.6. The van der Waals surface area contributed by atoms with Crippen LogP contribution in [0.15, 0.2) is 16.7 Å². The molecule has 2 atom stereocenters. The van der Waals surface area contributed by atoms with Crippen LogP contribution in [0, 0.1) is 5.92 Å². The Morgan fingerprint density at radius 3 is 2.85 bits per heavy atom. The van der Waals surface area contributed by atoms with Gasteiger partial charge in [-0.05, 0) is 60.8 Å². The largest absolute Gasteiger partial charge is 0.419 e. The highest BCUT2D eigenvalue weighted by Gasteiger charge is 2.35. The number of alkyl halides is 3. The van der Waals surface area contributed by atoms with E-state index in [1.54, 1.807) is 0 Å². The van der Waals surface area contributed by atoms with E-state index < -0.39 is 11.7 Å². The molecule has 0 radical (unpaired) electrons. The number of rotatable bonds is 3. The third kappa shape index (κ3) is 3.85. The lowest BCUT2D eigenvalue weighted by atomic mass is 9.93. The lowest BCUT2D eigenvalue weighted by Gasteiger charge is -2.30. The summed E-state index contributed by atoms with van der Waals surface area (Å²) in [4.78, 5) is 3.88. The fourth-order valence-corrected chi connectivity index (χ4v) is 2.74. The van der Waals surface area contributed by atoms with Gasteiger partial charge in [0.2, 0.25) is 0 Å². The van der Waals surface area contributed by atoms with Crippen LogP contribution >= 0.6 is 15.9 Å². The number of hydrogen-bond acceptors (Lipinski definition) is 3. The molecule has 2 rings (SSSR count). The lowest BCUT2D eigenvalue weighted by Crippen LogP contribution is -2.39. The number of aromatic nitrogens is 1. The van der Waals surface area contributed by atoms with Crippen LogP contribution in [0.2, 0.25) is 0 Å². The molecule has 1 aliphatic rings. The summed E-state index contributed by atoms with van der Waals surface area (Å²) >= 11 is 3.03.